The van der Waals surface area contributed by atoms with Crippen LogP contribution in [0.15, 0.2) is 18.2 Å². The summed E-state index contributed by atoms with van der Waals surface area (Å²) in [5.74, 6) is 0.565. The van der Waals surface area contributed by atoms with Crippen LogP contribution >= 0.6 is 23.2 Å². The van der Waals surface area contributed by atoms with Gasteiger partial charge >= 0.3 is 0 Å². The van der Waals surface area contributed by atoms with Crippen molar-refractivity contribution in [1.82, 2.24) is 4.90 Å². The molecule has 0 fully saturated rings. The first kappa shape index (κ1) is 15.8. The number of benzene rings is 1. The topological polar surface area (TPSA) is 29.3 Å². The van der Waals surface area contributed by atoms with Gasteiger partial charge in [-0.2, -0.15) is 0 Å². The second-order valence-corrected chi connectivity index (χ2v) is 5.91. The fourth-order valence-corrected chi connectivity index (χ4v) is 2.57. The Morgan fingerprint density at radius 1 is 1.22 bits per heavy atom. The molecule has 0 aliphatic carbocycles. The van der Waals surface area contributed by atoms with E-state index in [1.54, 1.807) is 6.07 Å². The summed E-state index contributed by atoms with van der Waals surface area (Å²) < 4.78 is 0. The lowest BCUT2D eigenvalue weighted by molar-refractivity contribution is 0.152. The number of nitrogens with two attached hydrogens (primary N) is 1. The summed E-state index contributed by atoms with van der Waals surface area (Å²) in [5, 5.41) is 1.33. The zero-order valence-corrected chi connectivity index (χ0v) is 13.0. The van der Waals surface area contributed by atoms with Crippen LogP contribution in [0.1, 0.15) is 32.4 Å². The summed E-state index contributed by atoms with van der Waals surface area (Å²) in [6.07, 6.45) is 0. The van der Waals surface area contributed by atoms with Gasteiger partial charge in [-0.25, -0.2) is 0 Å². The highest BCUT2D eigenvalue weighted by Gasteiger charge is 2.23. The maximum atomic E-state index is 6.26. The van der Waals surface area contributed by atoms with Crippen molar-refractivity contribution in [3.05, 3.63) is 33.8 Å². The SMILES string of the molecule is CC(C)C(C)N(C)C(CN)c1ccc(Cl)cc1Cl. The molecule has 0 spiro atoms. The molecule has 0 bridgehead atoms. The van der Waals surface area contributed by atoms with Crippen molar-refractivity contribution < 1.29 is 0 Å². The van der Waals surface area contributed by atoms with Crippen LogP contribution < -0.4 is 5.73 Å². The molecule has 0 aliphatic rings. The molecule has 0 saturated heterocycles. The van der Waals surface area contributed by atoms with Crippen LogP contribution in [0.3, 0.4) is 0 Å². The molecule has 1 rings (SSSR count). The van der Waals surface area contributed by atoms with Crippen LogP contribution in [0, 0.1) is 5.92 Å². The molecule has 0 amide bonds. The van der Waals surface area contributed by atoms with Gasteiger partial charge in [-0.05, 0) is 37.6 Å². The third-order valence-electron chi connectivity index (χ3n) is 3.64. The van der Waals surface area contributed by atoms with Gasteiger partial charge in [-0.15, -0.1) is 0 Å². The standard InChI is InChI=1S/C14H22Cl2N2/c1-9(2)10(3)18(4)14(8-17)12-6-5-11(15)7-13(12)16/h5-7,9-10,14H,8,17H2,1-4H3. The average molecular weight is 289 g/mol. The Labute approximate surface area is 120 Å². The number of hydrogen-bond donors (Lipinski definition) is 1. The van der Waals surface area contributed by atoms with Crippen LogP contribution in [0.25, 0.3) is 0 Å². The lowest BCUT2D eigenvalue weighted by Crippen LogP contribution is -2.39. The molecule has 102 valence electrons. The van der Waals surface area contributed by atoms with Crippen LogP contribution in [0.2, 0.25) is 10.0 Å². The summed E-state index contributed by atoms with van der Waals surface area (Å²) in [6.45, 7) is 7.16. The number of hydrogen-bond acceptors (Lipinski definition) is 2. The first-order valence-corrected chi connectivity index (χ1v) is 7.01. The van der Waals surface area contributed by atoms with Gasteiger partial charge in [0.15, 0.2) is 0 Å². The lowest BCUT2D eigenvalue weighted by Gasteiger charge is -2.35. The van der Waals surface area contributed by atoms with Gasteiger partial charge in [-0.3, -0.25) is 4.90 Å². The zero-order valence-electron chi connectivity index (χ0n) is 11.5. The molecule has 1 aromatic rings. The zero-order chi connectivity index (χ0) is 13.9. The average Bonchev–Trinajstić information content (AvgIpc) is 2.31. The Hall–Kier alpha value is -0.280. The van der Waals surface area contributed by atoms with Crippen LogP contribution in [-0.2, 0) is 0 Å². The molecular weight excluding hydrogens is 267 g/mol. The number of nitrogens with zero attached hydrogens (tertiary/aromatic N) is 1. The largest absolute Gasteiger partial charge is 0.329 e. The smallest absolute Gasteiger partial charge is 0.0485 e. The number of rotatable bonds is 5. The van der Waals surface area contributed by atoms with E-state index < -0.39 is 0 Å². The maximum absolute atomic E-state index is 6.26. The second-order valence-electron chi connectivity index (χ2n) is 5.07. The minimum absolute atomic E-state index is 0.118. The van der Waals surface area contributed by atoms with Crippen molar-refractivity contribution in [2.45, 2.75) is 32.9 Å². The molecule has 0 radical (unpaired) electrons. The predicted molar refractivity (Wildman–Crippen MR) is 80.3 cm³/mol. The van der Waals surface area contributed by atoms with E-state index in [-0.39, 0.29) is 6.04 Å². The van der Waals surface area contributed by atoms with Gasteiger partial charge < -0.3 is 5.73 Å². The first-order chi connectivity index (χ1) is 8.38. The molecule has 0 aromatic heterocycles. The van der Waals surface area contributed by atoms with Crippen molar-refractivity contribution in [3.8, 4) is 0 Å². The highest BCUT2D eigenvalue weighted by molar-refractivity contribution is 6.35. The molecule has 2 N–H and O–H groups in total. The van der Waals surface area contributed by atoms with Crippen molar-refractivity contribution in [1.29, 1.82) is 0 Å². The Balaban J connectivity index is 3.02. The molecule has 1 aromatic carbocycles. The van der Waals surface area contributed by atoms with E-state index in [4.69, 9.17) is 28.9 Å². The molecular formula is C14H22Cl2N2. The van der Waals surface area contributed by atoms with Gasteiger partial charge in [0.25, 0.3) is 0 Å². The minimum atomic E-state index is 0.118. The normalized spacial score (nSPS) is 15.2. The summed E-state index contributed by atoms with van der Waals surface area (Å²) in [7, 11) is 2.09. The van der Waals surface area contributed by atoms with E-state index in [2.05, 4.69) is 32.7 Å². The van der Waals surface area contributed by atoms with Crippen molar-refractivity contribution >= 4 is 23.2 Å². The summed E-state index contributed by atoms with van der Waals surface area (Å²) >= 11 is 12.2. The van der Waals surface area contributed by atoms with Crippen LogP contribution in [0.4, 0.5) is 0 Å². The van der Waals surface area contributed by atoms with E-state index in [0.717, 1.165) is 5.56 Å². The van der Waals surface area contributed by atoms with Crippen molar-refractivity contribution in [3.63, 3.8) is 0 Å². The third kappa shape index (κ3) is 3.61. The van der Waals surface area contributed by atoms with E-state index in [1.807, 2.05) is 12.1 Å². The highest BCUT2D eigenvalue weighted by Crippen LogP contribution is 2.30. The molecule has 0 saturated carbocycles. The molecule has 18 heavy (non-hydrogen) atoms. The second kappa shape index (κ2) is 6.76. The Morgan fingerprint density at radius 2 is 1.83 bits per heavy atom. The van der Waals surface area contributed by atoms with Gasteiger partial charge in [-0.1, -0.05) is 43.1 Å². The third-order valence-corrected chi connectivity index (χ3v) is 4.21. The molecule has 0 heterocycles. The van der Waals surface area contributed by atoms with E-state index in [1.165, 1.54) is 0 Å². The van der Waals surface area contributed by atoms with Gasteiger partial charge in [0.05, 0.1) is 0 Å². The van der Waals surface area contributed by atoms with Gasteiger partial charge in [0.1, 0.15) is 0 Å². The fraction of sp³-hybridized carbons (Fsp3) is 0.571. The van der Waals surface area contributed by atoms with Crippen molar-refractivity contribution in [2.75, 3.05) is 13.6 Å². The Bertz CT molecular complexity index is 393. The highest BCUT2D eigenvalue weighted by atomic mass is 35.5. The molecule has 4 heteroatoms. The Kier molecular flexibility index (Phi) is 5.93. The van der Waals surface area contributed by atoms with Crippen LogP contribution in [-0.4, -0.2) is 24.5 Å². The molecule has 2 unspecified atom stereocenters. The first-order valence-electron chi connectivity index (χ1n) is 6.25. The van der Waals surface area contributed by atoms with E-state index in [0.29, 0.717) is 28.5 Å². The van der Waals surface area contributed by atoms with Crippen molar-refractivity contribution in [2.24, 2.45) is 11.7 Å². The van der Waals surface area contributed by atoms with Crippen LogP contribution in [0.5, 0.6) is 0 Å². The number of likely N-dealkylation sites (N-methyl/N-ethyl adjacent to an activating group) is 1. The van der Waals surface area contributed by atoms with Gasteiger partial charge in [0, 0.05) is 28.7 Å². The quantitative estimate of drug-likeness (QED) is 0.888. The summed E-state index contributed by atoms with van der Waals surface area (Å²) in [6, 6.07) is 6.15. The van der Waals surface area contributed by atoms with Gasteiger partial charge in [0.2, 0.25) is 0 Å². The molecule has 0 aliphatic heterocycles. The maximum Gasteiger partial charge on any atom is 0.0485 e. The minimum Gasteiger partial charge on any atom is -0.329 e. The fourth-order valence-electron chi connectivity index (χ4n) is 2.04. The van der Waals surface area contributed by atoms with E-state index in [9.17, 15) is 0 Å². The number of halogens is 2. The Morgan fingerprint density at radius 3 is 2.28 bits per heavy atom. The summed E-state index contributed by atoms with van der Waals surface area (Å²) in [5.41, 5.74) is 6.96. The summed E-state index contributed by atoms with van der Waals surface area (Å²) in [4.78, 5) is 2.28. The molecule has 2 nitrogen and oxygen atoms in total. The molecule has 2 atom stereocenters. The lowest BCUT2D eigenvalue weighted by atomic mass is 9.99. The monoisotopic (exact) mass is 288 g/mol. The predicted octanol–water partition coefficient (Wildman–Crippen LogP) is 3.97. The van der Waals surface area contributed by atoms with E-state index >= 15 is 0 Å².